The number of hydrogen-bond acceptors (Lipinski definition) is 5. The monoisotopic (exact) mass is 415 g/mol. The van der Waals surface area contributed by atoms with Gasteiger partial charge in [0.1, 0.15) is 13.2 Å². The number of carbonyl (C=O) groups is 1. The molecule has 6 nitrogen and oxygen atoms in total. The molecule has 30 heavy (non-hydrogen) atoms. The maximum absolute atomic E-state index is 13.7. The predicted octanol–water partition coefficient (Wildman–Crippen LogP) is 3.30. The normalized spacial score (nSPS) is 20.6. The van der Waals surface area contributed by atoms with Crippen LogP contribution in [0.25, 0.3) is 0 Å². The second-order valence-corrected chi connectivity index (χ2v) is 7.60. The second-order valence-electron chi connectivity index (χ2n) is 7.60. The zero-order valence-corrected chi connectivity index (χ0v) is 16.8. The Morgan fingerprint density at radius 2 is 1.90 bits per heavy atom. The standard InChI is InChI=1S/C23H26FNO5/c24-19-7-1-2-8-20(19)28-13-17-6-5-11-25(12-17)23(26)16-27-14-18-15-29-21-9-3-4-10-22(21)30-18/h1-4,7-10,17-18H,5-6,11-16H2/t17-,18+/m0/s1. The van der Waals surface area contributed by atoms with E-state index in [9.17, 15) is 9.18 Å². The van der Waals surface area contributed by atoms with Crippen molar-refractivity contribution in [2.24, 2.45) is 5.92 Å². The van der Waals surface area contributed by atoms with E-state index in [-0.39, 0.29) is 42.7 Å². The molecule has 7 heteroatoms. The van der Waals surface area contributed by atoms with E-state index in [2.05, 4.69) is 0 Å². The van der Waals surface area contributed by atoms with Crippen molar-refractivity contribution in [2.45, 2.75) is 18.9 Å². The Morgan fingerprint density at radius 1 is 1.10 bits per heavy atom. The lowest BCUT2D eigenvalue weighted by Gasteiger charge is -2.33. The summed E-state index contributed by atoms with van der Waals surface area (Å²) in [4.78, 5) is 14.3. The number of carbonyl (C=O) groups excluding carboxylic acids is 1. The molecule has 2 aliphatic heterocycles. The first-order chi connectivity index (χ1) is 14.7. The first-order valence-corrected chi connectivity index (χ1v) is 10.3. The van der Waals surface area contributed by atoms with Gasteiger partial charge in [-0.3, -0.25) is 4.79 Å². The summed E-state index contributed by atoms with van der Waals surface area (Å²) in [6, 6.07) is 13.9. The van der Waals surface area contributed by atoms with Gasteiger partial charge in [0, 0.05) is 19.0 Å². The molecule has 4 rings (SSSR count). The highest BCUT2D eigenvalue weighted by Gasteiger charge is 2.25. The number of halogens is 1. The predicted molar refractivity (Wildman–Crippen MR) is 108 cm³/mol. The lowest BCUT2D eigenvalue weighted by atomic mass is 9.99. The molecule has 1 saturated heterocycles. The maximum atomic E-state index is 13.7. The van der Waals surface area contributed by atoms with Crippen molar-refractivity contribution in [3.05, 3.63) is 54.3 Å². The van der Waals surface area contributed by atoms with Gasteiger partial charge in [-0.2, -0.15) is 0 Å². The number of piperidine rings is 1. The molecule has 0 bridgehead atoms. The number of fused-ring (bicyclic) bond motifs is 1. The summed E-state index contributed by atoms with van der Waals surface area (Å²) >= 11 is 0. The molecule has 2 heterocycles. The van der Waals surface area contributed by atoms with E-state index in [1.807, 2.05) is 24.3 Å². The first kappa shape index (κ1) is 20.5. The SMILES string of the molecule is O=C(COC[C@@H]1COc2ccccc2O1)N1CCC[C@H](COc2ccccc2F)C1. The zero-order valence-electron chi connectivity index (χ0n) is 16.8. The highest BCUT2D eigenvalue weighted by Crippen LogP contribution is 2.30. The number of ether oxygens (including phenoxy) is 4. The van der Waals surface area contributed by atoms with Crippen LogP contribution < -0.4 is 14.2 Å². The van der Waals surface area contributed by atoms with E-state index < -0.39 is 0 Å². The summed E-state index contributed by atoms with van der Waals surface area (Å²) in [6.45, 7) is 2.36. The summed E-state index contributed by atoms with van der Waals surface area (Å²) in [5.74, 6) is 1.42. The number of rotatable bonds is 7. The maximum Gasteiger partial charge on any atom is 0.248 e. The minimum absolute atomic E-state index is 0.00238. The van der Waals surface area contributed by atoms with Crippen LogP contribution in [-0.2, 0) is 9.53 Å². The van der Waals surface area contributed by atoms with Crippen molar-refractivity contribution in [3.8, 4) is 17.2 Å². The fraction of sp³-hybridized carbons (Fsp3) is 0.435. The molecule has 2 aromatic rings. The molecule has 2 aromatic carbocycles. The average Bonchev–Trinajstić information content (AvgIpc) is 2.78. The largest absolute Gasteiger partial charge is 0.490 e. The summed E-state index contributed by atoms with van der Waals surface area (Å²) < 4.78 is 36.4. The van der Waals surface area contributed by atoms with Gasteiger partial charge in [-0.05, 0) is 37.1 Å². The third-order valence-electron chi connectivity index (χ3n) is 5.28. The van der Waals surface area contributed by atoms with Gasteiger partial charge in [-0.15, -0.1) is 0 Å². The van der Waals surface area contributed by atoms with E-state index in [1.165, 1.54) is 6.07 Å². The second kappa shape index (κ2) is 9.80. The highest BCUT2D eigenvalue weighted by molar-refractivity contribution is 5.77. The van der Waals surface area contributed by atoms with Crippen LogP contribution in [0.3, 0.4) is 0 Å². The van der Waals surface area contributed by atoms with E-state index in [0.717, 1.165) is 18.6 Å². The fourth-order valence-corrected chi connectivity index (χ4v) is 3.71. The summed E-state index contributed by atoms with van der Waals surface area (Å²) in [5.41, 5.74) is 0. The number of amides is 1. The number of para-hydroxylation sites is 3. The molecule has 160 valence electrons. The molecule has 0 spiro atoms. The van der Waals surface area contributed by atoms with Gasteiger partial charge < -0.3 is 23.8 Å². The van der Waals surface area contributed by atoms with Gasteiger partial charge in [-0.1, -0.05) is 24.3 Å². The molecule has 1 fully saturated rings. The van der Waals surface area contributed by atoms with E-state index in [4.69, 9.17) is 18.9 Å². The van der Waals surface area contributed by atoms with Crippen LogP contribution in [0.4, 0.5) is 4.39 Å². The van der Waals surface area contributed by atoms with Gasteiger partial charge in [0.25, 0.3) is 0 Å². The summed E-state index contributed by atoms with van der Waals surface area (Å²) in [5, 5.41) is 0. The Bertz CT molecular complexity index is 861. The summed E-state index contributed by atoms with van der Waals surface area (Å²) in [6.07, 6.45) is 1.61. The van der Waals surface area contributed by atoms with Crippen molar-refractivity contribution in [3.63, 3.8) is 0 Å². The van der Waals surface area contributed by atoms with Gasteiger partial charge in [-0.25, -0.2) is 4.39 Å². The Hall–Kier alpha value is -2.80. The molecule has 0 radical (unpaired) electrons. The lowest BCUT2D eigenvalue weighted by molar-refractivity contribution is -0.139. The quantitative estimate of drug-likeness (QED) is 0.695. The topological polar surface area (TPSA) is 57.2 Å². The van der Waals surface area contributed by atoms with Crippen molar-refractivity contribution in [1.82, 2.24) is 4.90 Å². The molecule has 0 aliphatic carbocycles. The molecule has 0 aromatic heterocycles. The number of nitrogens with zero attached hydrogens (tertiary/aromatic N) is 1. The van der Waals surface area contributed by atoms with Crippen LogP contribution in [0.2, 0.25) is 0 Å². The molecule has 2 aliphatic rings. The molecular weight excluding hydrogens is 389 g/mol. The smallest absolute Gasteiger partial charge is 0.248 e. The van der Waals surface area contributed by atoms with Crippen LogP contribution in [-0.4, -0.2) is 56.4 Å². The Morgan fingerprint density at radius 3 is 2.77 bits per heavy atom. The highest BCUT2D eigenvalue weighted by atomic mass is 19.1. The number of benzene rings is 2. The van der Waals surface area contributed by atoms with Crippen molar-refractivity contribution < 1.29 is 28.1 Å². The van der Waals surface area contributed by atoms with E-state index in [1.54, 1.807) is 23.1 Å². The van der Waals surface area contributed by atoms with Gasteiger partial charge in [0.05, 0.1) is 13.2 Å². The van der Waals surface area contributed by atoms with Crippen molar-refractivity contribution in [2.75, 3.05) is 39.5 Å². The van der Waals surface area contributed by atoms with Crippen LogP contribution in [0, 0.1) is 11.7 Å². The lowest BCUT2D eigenvalue weighted by Crippen LogP contribution is -2.43. The number of hydrogen-bond donors (Lipinski definition) is 0. The number of likely N-dealkylation sites (tertiary alicyclic amines) is 1. The van der Waals surface area contributed by atoms with Crippen molar-refractivity contribution >= 4 is 5.91 Å². The molecule has 0 N–H and O–H groups in total. The molecular formula is C23H26FNO5. The Kier molecular flexibility index (Phi) is 6.69. The Labute approximate surface area is 175 Å². The molecule has 2 atom stereocenters. The van der Waals surface area contributed by atoms with Gasteiger partial charge in [0.15, 0.2) is 29.2 Å². The fourth-order valence-electron chi connectivity index (χ4n) is 3.71. The molecule has 0 saturated carbocycles. The third kappa shape index (κ3) is 5.21. The Balaban J connectivity index is 1.19. The first-order valence-electron chi connectivity index (χ1n) is 10.3. The van der Waals surface area contributed by atoms with E-state index >= 15 is 0 Å². The molecule has 1 amide bonds. The minimum atomic E-state index is -0.369. The van der Waals surface area contributed by atoms with Crippen LogP contribution in [0.1, 0.15) is 12.8 Å². The average molecular weight is 415 g/mol. The van der Waals surface area contributed by atoms with Crippen LogP contribution in [0.5, 0.6) is 17.2 Å². The van der Waals surface area contributed by atoms with Crippen LogP contribution in [0.15, 0.2) is 48.5 Å². The third-order valence-corrected chi connectivity index (χ3v) is 5.28. The molecule has 0 unspecified atom stereocenters. The van der Waals surface area contributed by atoms with Crippen molar-refractivity contribution in [1.29, 1.82) is 0 Å². The summed E-state index contributed by atoms with van der Waals surface area (Å²) in [7, 11) is 0. The van der Waals surface area contributed by atoms with Crippen LogP contribution >= 0.6 is 0 Å². The minimum Gasteiger partial charge on any atom is -0.490 e. The van der Waals surface area contributed by atoms with Gasteiger partial charge >= 0.3 is 0 Å². The zero-order chi connectivity index (χ0) is 20.8. The van der Waals surface area contributed by atoms with E-state index in [0.29, 0.717) is 32.1 Å². The van der Waals surface area contributed by atoms with Gasteiger partial charge in [0.2, 0.25) is 5.91 Å².